The van der Waals surface area contributed by atoms with Crippen molar-refractivity contribution < 1.29 is 9.90 Å². The Balaban J connectivity index is 2.05. The van der Waals surface area contributed by atoms with E-state index in [0.29, 0.717) is 6.04 Å². The minimum absolute atomic E-state index is 0.0315. The maximum Gasteiger partial charge on any atom is 0.324 e. The lowest BCUT2D eigenvalue weighted by atomic mass is 9.81. The Bertz CT molecular complexity index is 280. The molecule has 0 amide bonds. The third-order valence-electron chi connectivity index (χ3n) is 4.73. The third-order valence-corrected chi connectivity index (χ3v) is 4.73. The van der Waals surface area contributed by atoms with E-state index in [1.807, 2.05) is 6.92 Å². The minimum atomic E-state index is -0.727. The highest BCUT2D eigenvalue weighted by atomic mass is 16.4. The molecule has 0 heterocycles. The normalized spacial score (nSPS) is 28.4. The summed E-state index contributed by atoms with van der Waals surface area (Å²) in [6.07, 6.45) is 8.14. The quantitative estimate of drug-likeness (QED) is 0.773. The van der Waals surface area contributed by atoms with Crippen LogP contribution in [0.15, 0.2) is 0 Å². The minimum Gasteiger partial charge on any atom is -0.480 e. The second-order valence-corrected chi connectivity index (χ2v) is 5.97. The van der Waals surface area contributed by atoms with Crippen molar-refractivity contribution in [2.24, 2.45) is 5.41 Å². The molecule has 0 radical (unpaired) electrons. The third kappa shape index (κ3) is 1.97. The summed E-state index contributed by atoms with van der Waals surface area (Å²) in [4.78, 5) is 11.5. The lowest BCUT2D eigenvalue weighted by Gasteiger charge is -2.38. The molecular formula is C13H23NO2. The Kier molecular flexibility index (Phi) is 2.99. The summed E-state index contributed by atoms with van der Waals surface area (Å²) in [5.74, 6) is -0.682. The Morgan fingerprint density at radius 1 is 1.31 bits per heavy atom. The Labute approximate surface area is 97.6 Å². The number of hydrogen-bond acceptors (Lipinski definition) is 2. The zero-order valence-corrected chi connectivity index (χ0v) is 10.4. The molecule has 1 atom stereocenters. The van der Waals surface area contributed by atoms with E-state index >= 15 is 0 Å². The summed E-state index contributed by atoms with van der Waals surface area (Å²) in [7, 11) is 0. The molecule has 2 rings (SSSR count). The van der Waals surface area contributed by atoms with Crippen molar-refractivity contribution in [1.82, 2.24) is 5.32 Å². The monoisotopic (exact) mass is 225 g/mol. The van der Waals surface area contributed by atoms with Crippen molar-refractivity contribution in [3.63, 3.8) is 0 Å². The number of carboxylic acid groups (broad SMARTS) is 1. The van der Waals surface area contributed by atoms with Crippen molar-refractivity contribution in [3.8, 4) is 0 Å². The van der Waals surface area contributed by atoms with Crippen molar-refractivity contribution in [2.75, 3.05) is 0 Å². The Morgan fingerprint density at radius 2 is 1.88 bits per heavy atom. The molecule has 3 nitrogen and oxygen atoms in total. The molecule has 0 aliphatic heterocycles. The number of aliphatic carboxylic acids is 1. The van der Waals surface area contributed by atoms with Crippen molar-refractivity contribution in [1.29, 1.82) is 0 Å². The molecule has 2 fully saturated rings. The van der Waals surface area contributed by atoms with Gasteiger partial charge in [0.15, 0.2) is 0 Å². The van der Waals surface area contributed by atoms with Crippen molar-refractivity contribution >= 4 is 5.97 Å². The molecule has 92 valence electrons. The summed E-state index contributed by atoms with van der Waals surface area (Å²) in [6, 6.07) is 0.410. The van der Waals surface area contributed by atoms with E-state index in [9.17, 15) is 9.90 Å². The number of hydrogen-bond donors (Lipinski definition) is 2. The largest absolute Gasteiger partial charge is 0.480 e. The first-order valence-electron chi connectivity index (χ1n) is 6.49. The molecule has 2 aliphatic rings. The van der Waals surface area contributed by atoms with Gasteiger partial charge in [0.05, 0.1) is 0 Å². The lowest BCUT2D eigenvalue weighted by molar-refractivity contribution is -0.147. The Hall–Kier alpha value is -0.570. The molecule has 0 spiro atoms. The van der Waals surface area contributed by atoms with Gasteiger partial charge in [-0.25, -0.2) is 0 Å². The highest BCUT2D eigenvalue weighted by molar-refractivity contribution is 5.80. The smallest absolute Gasteiger partial charge is 0.324 e. The molecule has 2 aliphatic carbocycles. The van der Waals surface area contributed by atoms with E-state index in [0.717, 1.165) is 25.7 Å². The summed E-state index contributed by atoms with van der Waals surface area (Å²) >= 11 is 0. The average molecular weight is 225 g/mol. The van der Waals surface area contributed by atoms with Crippen LogP contribution < -0.4 is 5.32 Å². The predicted octanol–water partition coefficient (Wildman–Crippen LogP) is 2.55. The van der Waals surface area contributed by atoms with Gasteiger partial charge < -0.3 is 5.11 Å². The molecule has 1 unspecified atom stereocenters. The zero-order valence-electron chi connectivity index (χ0n) is 10.4. The van der Waals surface area contributed by atoms with Gasteiger partial charge in [0.1, 0.15) is 5.54 Å². The second-order valence-electron chi connectivity index (χ2n) is 5.97. The van der Waals surface area contributed by atoms with E-state index in [1.54, 1.807) is 0 Å². The van der Waals surface area contributed by atoms with Gasteiger partial charge in [0.25, 0.3) is 0 Å². The molecule has 0 saturated heterocycles. The fraction of sp³-hybridized carbons (Fsp3) is 0.923. The fourth-order valence-electron chi connectivity index (χ4n) is 2.84. The van der Waals surface area contributed by atoms with Gasteiger partial charge in [-0.3, -0.25) is 10.1 Å². The van der Waals surface area contributed by atoms with Gasteiger partial charge in [-0.15, -0.1) is 0 Å². The summed E-state index contributed by atoms with van der Waals surface area (Å²) in [5, 5.41) is 12.9. The van der Waals surface area contributed by atoms with E-state index in [-0.39, 0.29) is 5.41 Å². The van der Waals surface area contributed by atoms with Crippen LogP contribution in [0.4, 0.5) is 0 Å². The van der Waals surface area contributed by atoms with Gasteiger partial charge in [-0.1, -0.05) is 26.2 Å². The molecular weight excluding hydrogens is 202 g/mol. The second kappa shape index (κ2) is 4.02. The summed E-state index contributed by atoms with van der Waals surface area (Å²) in [6.45, 7) is 3.97. The highest BCUT2D eigenvalue weighted by Crippen LogP contribution is 2.54. The van der Waals surface area contributed by atoms with Gasteiger partial charge in [-0.2, -0.15) is 0 Å². The Morgan fingerprint density at radius 3 is 2.31 bits per heavy atom. The van der Waals surface area contributed by atoms with E-state index in [2.05, 4.69) is 12.2 Å². The van der Waals surface area contributed by atoms with Gasteiger partial charge in [0, 0.05) is 6.04 Å². The zero-order chi connectivity index (χ0) is 11.8. The first kappa shape index (κ1) is 11.9. The first-order chi connectivity index (χ1) is 7.48. The average Bonchev–Trinajstić information content (AvgIpc) is 2.99. The van der Waals surface area contributed by atoms with E-state index in [4.69, 9.17) is 0 Å². The number of rotatable bonds is 4. The molecule has 2 N–H and O–H groups in total. The van der Waals surface area contributed by atoms with Crippen LogP contribution in [0.5, 0.6) is 0 Å². The molecule has 16 heavy (non-hydrogen) atoms. The van der Waals surface area contributed by atoms with Crippen LogP contribution in [0, 0.1) is 5.41 Å². The van der Waals surface area contributed by atoms with Gasteiger partial charge >= 0.3 is 5.97 Å². The van der Waals surface area contributed by atoms with Crippen molar-refractivity contribution in [2.45, 2.75) is 70.4 Å². The fourth-order valence-corrected chi connectivity index (χ4v) is 2.84. The summed E-state index contributed by atoms with van der Waals surface area (Å²) < 4.78 is 0. The van der Waals surface area contributed by atoms with E-state index < -0.39 is 11.5 Å². The molecule has 3 heteroatoms. The van der Waals surface area contributed by atoms with Crippen LogP contribution in [0.3, 0.4) is 0 Å². The maximum atomic E-state index is 11.5. The molecule has 0 bridgehead atoms. The first-order valence-corrected chi connectivity index (χ1v) is 6.49. The van der Waals surface area contributed by atoms with Crippen LogP contribution >= 0.6 is 0 Å². The van der Waals surface area contributed by atoms with Crippen LogP contribution in [-0.4, -0.2) is 22.7 Å². The standard InChI is InChI=1S/C13H23NO2/c1-12(8-9-12)13(2,11(15)16)14-10-6-4-3-5-7-10/h10,14H,3-9H2,1-2H3,(H,15,16). The molecule has 0 aromatic rings. The topological polar surface area (TPSA) is 49.3 Å². The van der Waals surface area contributed by atoms with Gasteiger partial charge in [-0.05, 0) is 38.0 Å². The predicted molar refractivity (Wildman–Crippen MR) is 63.4 cm³/mol. The number of nitrogens with one attached hydrogen (secondary N) is 1. The number of carboxylic acids is 1. The highest BCUT2D eigenvalue weighted by Gasteiger charge is 2.58. The van der Waals surface area contributed by atoms with Crippen LogP contribution in [0.2, 0.25) is 0 Å². The molecule has 0 aromatic carbocycles. The van der Waals surface area contributed by atoms with Crippen LogP contribution in [0.25, 0.3) is 0 Å². The van der Waals surface area contributed by atoms with Crippen molar-refractivity contribution in [3.05, 3.63) is 0 Å². The SMILES string of the molecule is CC1(C(C)(NC2CCCCC2)C(=O)O)CC1. The van der Waals surface area contributed by atoms with Gasteiger partial charge in [0.2, 0.25) is 0 Å². The van der Waals surface area contributed by atoms with Crippen LogP contribution in [0.1, 0.15) is 58.8 Å². The maximum absolute atomic E-state index is 11.5. The van der Waals surface area contributed by atoms with Crippen LogP contribution in [-0.2, 0) is 4.79 Å². The lowest BCUT2D eigenvalue weighted by Crippen LogP contribution is -2.59. The number of carbonyl (C=O) groups is 1. The molecule has 0 aromatic heterocycles. The van der Waals surface area contributed by atoms with E-state index in [1.165, 1.54) is 19.3 Å². The molecule has 2 saturated carbocycles. The summed E-state index contributed by atoms with van der Waals surface area (Å²) in [5.41, 5.74) is -0.759.